The molecule has 3 heterocycles. The van der Waals surface area contributed by atoms with Crippen LogP contribution in [-0.2, 0) is 6.54 Å². The first-order chi connectivity index (χ1) is 16.4. The molecule has 3 aliphatic heterocycles. The van der Waals surface area contributed by atoms with Crippen LogP contribution >= 0.6 is 11.6 Å². The number of para-hydroxylation sites is 1. The van der Waals surface area contributed by atoms with Gasteiger partial charge < -0.3 is 20.5 Å². The zero-order valence-electron chi connectivity index (χ0n) is 18.5. The molecule has 0 saturated carbocycles. The van der Waals surface area contributed by atoms with Crippen molar-refractivity contribution >= 4 is 34.8 Å². The van der Waals surface area contributed by atoms with Crippen molar-refractivity contribution in [3.05, 3.63) is 70.7 Å². The molecule has 8 nitrogen and oxygen atoms in total. The van der Waals surface area contributed by atoms with Gasteiger partial charge in [-0.1, -0.05) is 23.7 Å². The number of anilines is 3. The van der Waals surface area contributed by atoms with E-state index in [1.807, 2.05) is 19.1 Å². The summed E-state index contributed by atoms with van der Waals surface area (Å²) in [4.78, 5) is 25.5. The first kappa shape index (κ1) is 21.8. The van der Waals surface area contributed by atoms with Crippen LogP contribution in [0.15, 0.2) is 53.7 Å². The standard InChI is InChI=1S/C24H21ClFN7O/c1-13-9-17(25)20(31-24(34)30-19-6-4-3-5-18(19)26)11-15(13)16-10-14-12-29-23(27-2)32-21(14)33-8-7-28-22(16)33/h3-6,9-12,28H,7-8H2,1-2H3,(H2,30,31,34). The summed E-state index contributed by atoms with van der Waals surface area (Å²) in [5.41, 5.74) is 4.53. The summed E-state index contributed by atoms with van der Waals surface area (Å²) >= 11 is 6.45. The Balaban J connectivity index is 1.55. The number of benzene rings is 2. The smallest absolute Gasteiger partial charge is 0.323 e. The molecule has 10 heteroatoms. The number of urea groups is 1. The van der Waals surface area contributed by atoms with Gasteiger partial charge in [0.05, 0.1) is 16.4 Å². The largest absolute Gasteiger partial charge is 0.369 e. The lowest BCUT2D eigenvalue weighted by Gasteiger charge is -2.19. The van der Waals surface area contributed by atoms with Gasteiger partial charge in [0, 0.05) is 37.5 Å². The maximum atomic E-state index is 13.9. The third-order valence-electron chi connectivity index (χ3n) is 5.67. The van der Waals surface area contributed by atoms with Gasteiger partial charge in [-0.25, -0.2) is 14.2 Å². The molecular weight excluding hydrogens is 457 g/mol. The number of aryl methyl sites for hydroxylation is 1. The molecule has 2 amide bonds. The molecule has 2 aromatic carbocycles. The van der Waals surface area contributed by atoms with Crippen LogP contribution < -0.4 is 21.6 Å². The predicted molar refractivity (Wildman–Crippen MR) is 131 cm³/mol. The molecular formula is C24H21ClFN7O. The summed E-state index contributed by atoms with van der Waals surface area (Å²) < 4.78 is 16.0. The van der Waals surface area contributed by atoms with Crippen molar-refractivity contribution in [3.63, 3.8) is 0 Å². The lowest BCUT2D eigenvalue weighted by molar-refractivity contribution is 0.262. The van der Waals surface area contributed by atoms with E-state index in [1.165, 1.54) is 12.1 Å². The molecule has 172 valence electrons. The Kier molecular flexibility index (Phi) is 5.62. The van der Waals surface area contributed by atoms with Gasteiger partial charge in [-0.2, -0.15) is 4.98 Å². The van der Waals surface area contributed by atoms with Crippen LogP contribution in [0.1, 0.15) is 5.56 Å². The fraction of sp³-hybridized carbons (Fsp3) is 0.167. The number of carbonyl (C=O) groups is 1. The third-order valence-corrected chi connectivity index (χ3v) is 5.98. The molecule has 0 spiro atoms. The van der Waals surface area contributed by atoms with Crippen LogP contribution in [0.25, 0.3) is 22.5 Å². The monoisotopic (exact) mass is 477 g/mol. The van der Waals surface area contributed by atoms with Crippen molar-refractivity contribution in [1.29, 1.82) is 0 Å². The molecule has 34 heavy (non-hydrogen) atoms. The van der Waals surface area contributed by atoms with E-state index < -0.39 is 11.8 Å². The molecule has 0 radical (unpaired) electrons. The van der Waals surface area contributed by atoms with Crippen LogP contribution in [0.2, 0.25) is 5.02 Å². The molecule has 5 rings (SSSR count). The average Bonchev–Trinajstić information content (AvgIpc) is 3.32. The second-order valence-electron chi connectivity index (χ2n) is 7.86. The number of halogens is 2. The minimum absolute atomic E-state index is 0.0783. The number of rotatable bonds is 3. The van der Waals surface area contributed by atoms with Gasteiger partial charge in [0.1, 0.15) is 17.5 Å². The molecule has 2 aromatic rings. The number of amides is 2. The van der Waals surface area contributed by atoms with Crippen molar-refractivity contribution in [2.75, 3.05) is 29.5 Å². The number of fused-ring (bicyclic) bond motifs is 3. The van der Waals surface area contributed by atoms with Crippen LogP contribution in [-0.4, -0.2) is 34.2 Å². The summed E-state index contributed by atoms with van der Waals surface area (Å²) in [5.74, 6) is 1.19. The minimum Gasteiger partial charge on any atom is -0.369 e. The Labute approximate surface area is 199 Å². The molecule has 3 aliphatic rings. The highest BCUT2D eigenvalue weighted by atomic mass is 35.5. The highest BCUT2D eigenvalue weighted by molar-refractivity contribution is 6.34. The van der Waals surface area contributed by atoms with Gasteiger partial charge in [-0.3, -0.25) is 4.99 Å². The van der Waals surface area contributed by atoms with E-state index in [1.54, 1.807) is 31.4 Å². The summed E-state index contributed by atoms with van der Waals surface area (Å²) in [5, 5.41) is 9.05. The third kappa shape index (κ3) is 3.94. The Bertz CT molecular complexity index is 1470. The van der Waals surface area contributed by atoms with Gasteiger partial charge in [0.15, 0.2) is 0 Å². The molecule has 3 N–H and O–H groups in total. The van der Waals surface area contributed by atoms with Crippen LogP contribution in [0, 0.1) is 12.7 Å². The fourth-order valence-corrected chi connectivity index (χ4v) is 4.34. The number of carbonyl (C=O) groups excluding carboxylic acids is 1. The number of nitrogens with zero attached hydrogens (tertiary/aromatic N) is 4. The lowest BCUT2D eigenvalue weighted by atomic mass is 9.98. The first-order valence-corrected chi connectivity index (χ1v) is 11.0. The highest BCUT2D eigenvalue weighted by Gasteiger charge is 2.23. The van der Waals surface area contributed by atoms with E-state index in [2.05, 4.69) is 35.5 Å². The molecule has 0 unspecified atom stereocenters. The summed E-state index contributed by atoms with van der Waals surface area (Å²) in [6.45, 7) is 3.47. The molecule has 0 saturated heterocycles. The number of hydrogen-bond acceptors (Lipinski definition) is 5. The lowest BCUT2D eigenvalue weighted by Crippen LogP contribution is -2.20. The van der Waals surface area contributed by atoms with Crippen molar-refractivity contribution in [2.45, 2.75) is 13.5 Å². The van der Waals surface area contributed by atoms with Crippen molar-refractivity contribution in [2.24, 2.45) is 4.99 Å². The Morgan fingerprint density at radius 3 is 2.76 bits per heavy atom. The van der Waals surface area contributed by atoms with E-state index >= 15 is 0 Å². The van der Waals surface area contributed by atoms with Crippen molar-refractivity contribution < 1.29 is 9.18 Å². The van der Waals surface area contributed by atoms with Gasteiger partial charge in [-0.05, 0) is 48.4 Å². The van der Waals surface area contributed by atoms with E-state index in [-0.39, 0.29) is 5.69 Å². The van der Waals surface area contributed by atoms with Gasteiger partial charge in [0.25, 0.3) is 0 Å². The normalized spacial score (nSPS) is 13.0. The summed E-state index contributed by atoms with van der Waals surface area (Å²) in [6.07, 6.45) is 1.76. The van der Waals surface area contributed by atoms with Crippen LogP contribution in [0.4, 0.5) is 26.4 Å². The molecule has 0 fully saturated rings. The fourth-order valence-electron chi connectivity index (χ4n) is 4.07. The van der Waals surface area contributed by atoms with E-state index in [9.17, 15) is 9.18 Å². The molecule has 0 aliphatic carbocycles. The Morgan fingerprint density at radius 1 is 1.18 bits per heavy atom. The van der Waals surface area contributed by atoms with E-state index in [4.69, 9.17) is 11.6 Å². The summed E-state index contributed by atoms with van der Waals surface area (Å²) in [7, 11) is 1.66. The quantitative estimate of drug-likeness (QED) is 0.396. The summed E-state index contributed by atoms with van der Waals surface area (Å²) in [6, 6.07) is 11.0. The number of pyridine rings is 1. The van der Waals surface area contributed by atoms with Crippen LogP contribution in [0.5, 0.6) is 0 Å². The van der Waals surface area contributed by atoms with Crippen LogP contribution in [0.3, 0.4) is 0 Å². The maximum Gasteiger partial charge on any atom is 0.323 e. The van der Waals surface area contributed by atoms with Gasteiger partial charge in [0.2, 0.25) is 5.62 Å². The Hall–Kier alpha value is -3.98. The Morgan fingerprint density at radius 2 is 1.97 bits per heavy atom. The number of nitrogens with one attached hydrogen (secondary N) is 3. The SMILES string of the molecule is CN=c1ncc2cc(-c3cc(NC(=O)Nc4ccccc4F)c(Cl)cc3C)c3n(c-2n1)CCN3. The predicted octanol–water partition coefficient (Wildman–Crippen LogP) is 4.75. The highest BCUT2D eigenvalue weighted by Crippen LogP contribution is 2.40. The van der Waals surface area contributed by atoms with Gasteiger partial charge in [-0.15, -0.1) is 0 Å². The second-order valence-corrected chi connectivity index (χ2v) is 8.27. The topological polar surface area (TPSA) is 96.2 Å². The second kappa shape index (κ2) is 8.75. The van der Waals surface area contributed by atoms with Crippen molar-refractivity contribution in [1.82, 2.24) is 14.5 Å². The number of hydrogen-bond donors (Lipinski definition) is 3. The first-order valence-electron chi connectivity index (χ1n) is 10.6. The molecule has 0 aromatic heterocycles. The zero-order chi connectivity index (χ0) is 23.8. The molecule has 0 bridgehead atoms. The molecule has 0 atom stereocenters. The average molecular weight is 478 g/mol. The number of aromatic nitrogens is 3. The minimum atomic E-state index is -0.595. The van der Waals surface area contributed by atoms with E-state index in [0.29, 0.717) is 16.3 Å². The van der Waals surface area contributed by atoms with Gasteiger partial charge >= 0.3 is 6.03 Å². The van der Waals surface area contributed by atoms with E-state index in [0.717, 1.165) is 47.0 Å². The van der Waals surface area contributed by atoms with Crippen molar-refractivity contribution in [3.8, 4) is 22.5 Å². The maximum absolute atomic E-state index is 13.9. The zero-order valence-corrected chi connectivity index (χ0v) is 19.2.